The Hall–Kier alpha value is -1.75. The molecule has 3 rings (SSSR count). The molecule has 122 valence electrons. The van der Waals surface area contributed by atoms with Gasteiger partial charge in [-0.3, -0.25) is 4.79 Å². The van der Waals surface area contributed by atoms with Gasteiger partial charge in [0.2, 0.25) is 5.91 Å². The largest absolute Gasteiger partial charge is 0.343 e. The maximum atomic E-state index is 13.2. The molecule has 0 N–H and O–H groups in total. The van der Waals surface area contributed by atoms with Crippen LogP contribution in [0.5, 0.6) is 0 Å². The Balaban J connectivity index is 1.43. The lowest BCUT2D eigenvalue weighted by molar-refractivity contribution is -0.132. The highest BCUT2D eigenvalue weighted by Gasteiger charge is 2.22. The van der Waals surface area contributed by atoms with Gasteiger partial charge in [0, 0.05) is 24.9 Å². The highest BCUT2D eigenvalue weighted by Crippen LogP contribution is 2.22. The van der Waals surface area contributed by atoms with E-state index in [0.29, 0.717) is 12.3 Å². The number of aryl methyl sites for hydroxylation is 1. The molecule has 1 aliphatic rings. The minimum absolute atomic E-state index is 0.169. The van der Waals surface area contributed by atoms with Gasteiger partial charge in [0.25, 0.3) is 0 Å². The van der Waals surface area contributed by atoms with E-state index in [-0.39, 0.29) is 11.7 Å². The highest BCUT2D eigenvalue weighted by molar-refractivity contribution is 7.07. The van der Waals surface area contributed by atoms with Crippen molar-refractivity contribution < 1.29 is 9.18 Å². The first-order chi connectivity index (χ1) is 11.2. The van der Waals surface area contributed by atoms with E-state index in [2.05, 4.69) is 4.98 Å². The Bertz CT molecular complexity index is 636. The first-order valence-corrected chi connectivity index (χ1v) is 9.04. The number of amides is 1. The van der Waals surface area contributed by atoms with Gasteiger partial charge in [-0.1, -0.05) is 12.1 Å². The predicted molar refractivity (Wildman–Crippen MR) is 89.8 cm³/mol. The molecule has 1 aromatic carbocycles. The third-order valence-corrected chi connectivity index (χ3v) is 5.09. The molecule has 5 heteroatoms. The monoisotopic (exact) mass is 332 g/mol. The second-order valence-corrected chi connectivity index (χ2v) is 6.86. The Morgan fingerprint density at radius 2 is 2.17 bits per heavy atom. The summed E-state index contributed by atoms with van der Waals surface area (Å²) in [5.41, 5.74) is 3.86. The molecular formula is C18H21FN2OS. The van der Waals surface area contributed by atoms with Gasteiger partial charge in [-0.25, -0.2) is 9.37 Å². The van der Waals surface area contributed by atoms with Gasteiger partial charge < -0.3 is 4.90 Å². The number of carbonyl (C=O) groups excluding carboxylic acids is 1. The van der Waals surface area contributed by atoms with Crippen LogP contribution in [0.25, 0.3) is 0 Å². The highest BCUT2D eigenvalue weighted by atomic mass is 32.1. The summed E-state index contributed by atoms with van der Waals surface area (Å²) < 4.78 is 13.2. The van der Waals surface area contributed by atoms with Crippen molar-refractivity contribution in [1.82, 2.24) is 9.88 Å². The molecule has 0 aliphatic carbocycles. The molecule has 2 heterocycles. The quantitative estimate of drug-likeness (QED) is 0.836. The Kier molecular flexibility index (Phi) is 5.39. The van der Waals surface area contributed by atoms with E-state index in [9.17, 15) is 9.18 Å². The lowest BCUT2D eigenvalue weighted by atomic mass is 9.90. The van der Waals surface area contributed by atoms with Crippen molar-refractivity contribution in [1.29, 1.82) is 0 Å². The molecule has 0 spiro atoms. The van der Waals surface area contributed by atoms with Gasteiger partial charge in [-0.15, -0.1) is 11.3 Å². The Morgan fingerprint density at radius 1 is 1.35 bits per heavy atom. The zero-order valence-electron chi connectivity index (χ0n) is 13.1. The maximum Gasteiger partial charge on any atom is 0.222 e. The smallest absolute Gasteiger partial charge is 0.222 e. The molecule has 0 radical (unpaired) electrons. The van der Waals surface area contributed by atoms with Gasteiger partial charge in [-0.05, 0) is 49.3 Å². The summed E-state index contributed by atoms with van der Waals surface area (Å²) in [6, 6.07) is 6.84. The lowest BCUT2D eigenvalue weighted by Gasteiger charge is -2.32. The molecule has 3 nitrogen and oxygen atoms in total. The first kappa shape index (κ1) is 16.1. The molecule has 1 aromatic heterocycles. The first-order valence-electron chi connectivity index (χ1n) is 8.10. The summed E-state index contributed by atoms with van der Waals surface area (Å²) in [7, 11) is 0. The zero-order valence-corrected chi connectivity index (χ0v) is 13.9. The average molecular weight is 332 g/mol. The number of benzene rings is 1. The molecule has 0 bridgehead atoms. The summed E-state index contributed by atoms with van der Waals surface area (Å²) in [5.74, 6) is 0.596. The number of halogens is 1. The van der Waals surface area contributed by atoms with Crippen LogP contribution in [0.4, 0.5) is 4.39 Å². The van der Waals surface area contributed by atoms with Crippen molar-refractivity contribution in [3.8, 4) is 0 Å². The van der Waals surface area contributed by atoms with Crippen LogP contribution in [0.2, 0.25) is 0 Å². The molecule has 2 aromatic rings. The number of rotatable bonds is 5. The second-order valence-electron chi connectivity index (χ2n) is 6.14. The van der Waals surface area contributed by atoms with E-state index >= 15 is 0 Å². The molecule has 1 saturated heterocycles. The standard InChI is InChI=1S/C18H21FN2OS/c19-16-3-1-2-15(11-16)10-14-6-8-21(9-7-14)18(22)5-4-17-12-23-13-20-17/h1-3,11-14H,4-10H2. The van der Waals surface area contributed by atoms with Gasteiger partial charge in [0.05, 0.1) is 11.2 Å². The summed E-state index contributed by atoms with van der Waals surface area (Å²) in [4.78, 5) is 18.4. The van der Waals surface area contributed by atoms with Crippen molar-refractivity contribution in [2.75, 3.05) is 13.1 Å². The number of aromatic nitrogens is 1. The summed E-state index contributed by atoms with van der Waals surface area (Å²) in [6.45, 7) is 1.63. The topological polar surface area (TPSA) is 33.2 Å². The Labute approximate surface area is 140 Å². The van der Waals surface area contributed by atoms with Crippen LogP contribution in [0.15, 0.2) is 35.2 Å². The second kappa shape index (κ2) is 7.68. The van der Waals surface area contributed by atoms with Gasteiger partial charge in [0.1, 0.15) is 5.82 Å². The molecular weight excluding hydrogens is 311 g/mol. The van der Waals surface area contributed by atoms with E-state index in [1.54, 1.807) is 29.0 Å². The number of thiazole rings is 1. The van der Waals surface area contributed by atoms with Crippen LogP contribution in [0, 0.1) is 11.7 Å². The summed E-state index contributed by atoms with van der Waals surface area (Å²) >= 11 is 1.57. The minimum atomic E-state index is -0.169. The normalized spacial score (nSPS) is 15.8. The number of nitrogens with zero attached hydrogens (tertiary/aromatic N) is 2. The SMILES string of the molecule is O=C(CCc1cscn1)N1CCC(Cc2cccc(F)c2)CC1. The number of piperidine rings is 1. The molecule has 0 atom stereocenters. The van der Waals surface area contributed by atoms with Crippen LogP contribution in [0.1, 0.15) is 30.5 Å². The van der Waals surface area contributed by atoms with Crippen molar-refractivity contribution in [3.63, 3.8) is 0 Å². The van der Waals surface area contributed by atoms with E-state index in [1.165, 1.54) is 6.07 Å². The molecule has 1 amide bonds. The number of carbonyl (C=O) groups is 1. The number of hydrogen-bond donors (Lipinski definition) is 0. The van der Waals surface area contributed by atoms with Crippen molar-refractivity contribution in [2.24, 2.45) is 5.92 Å². The van der Waals surface area contributed by atoms with E-state index in [0.717, 1.165) is 50.0 Å². The van der Waals surface area contributed by atoms with Gasteiger partial charge in [-0.2, -0.15) is 0 Å². The zero-order chi connectivity index (χ0) is 16.1. The van der Waals surface area contributed by atoms with Gasteiger partial charge in [0.15, 0.2) is 0 Å². The summed E-state index contributed by atoms with van der Waals surface area (Å²) in [6.07, 6.45) is 4.17. The third kappa shape index (κ3) is 4.61. The van der Waals surface area contributed by atoms with Crippen LogP contribution >= 0.6 is 11.3 Å². The van der Waals surface area contributed by atoms with E-state index in [4.69, 9.17) is 0 Å². The van der Waals surface area contributed by atoms with Crippen LogP contribution < -0.4 is 0 Å². The van der Waals surface area contributed by atoms with Crippen molar-refractivity contribution in [2.45, 2.75) is 32.1 Å². The fourth-order valence-corrected chi connectivity index (χ4v) is 3.73. The van der Waals surface area contributed by atoms with E-state index in [1.807, 2.05) is 16.3 Å². The molecule has 1 fully saturated rings. The molecule has 0 unspecified atom stereocenters. The van der Waals surface area contributed by atoms with E-state index < -0.39 is 0 Å². The fraction of sp³-hybridized carbons (Fsp3) is 0.444. The third-order valence-electron chi connectivity index (χ3n) is 4.46. The van der Waals surface area contributed by atoms with Crippen molar-refractivity contribution in [3.05, 3.63) is 52.2 Å². The molecule has 1 aliphatic heterocycles. The van der Waals surface area contributed by atoms with Crippen LogP contribution in [-0.2, 0) is 17.6 Å². The minimum Gasteiger partial charge on any atom is -0.343 e. The molecule has 23 heavy (non-hydrogen) atoms. The number of hydrogen-bond acceptors (Lipinski definition) is 3. The van der Waals surface area contributed by atoms with Crippen LogP contribution in [-0.4, -0.2) is 28.9 Å². The lowest BCUT2D eigenvalue weighted by Crippen LogP contribution is -2.39. The summed E-state index contributed by atoms with van der Waals surface area (Å²) in [5, 5.41) is 2.00. The fourth-order valence-electron chi connectivity index (χ4n) is 3.14. The van der Waals surface area contributed by atoms with Crippen LogP contribution in [0.3, 0.4) is 0 Å². The Morgan fingerprint density at radius 3 is 2.87 bits per heavy atom. The number of likely N-dealkylation sites (tertiary alicyclic amines) is 1. The predicted octanol–water partition coefficient (Wildman–Crippen LogP) is 3.70. The van der Waals surface area contributed by atoms with Crippen molar-refractivity contribution >= 4 is 17.2 Å². The average Bonchev–Trinajstić information content (AvgIpc) is 3.07. The molecule has 0 saturated carbocycles. The van der Waals surface area contributed by atoms with Gasteiger partial charge >= 0.3 is 0 Å². The maximum absolute atomic E-state index is 13.2.